The molecule has 0 radical (unpaired) electrons. The van der Waals surface area contributed by atoms with E-state index >= 15 is 0 Å². The molecule has 0 saturated heterocycles. The fourth-order valence-electron chi connectivity index (χ4n) is 5.81. The van der Waals surface area contributed by atoms with E-state index in [1.165, 1.54) is 23.1 Å². The molecule has 13 nitrogen and oxygen atoms in total. The largest absolute Gasteiger partial charge is 0.490 e. The molecule has 0 fully saturated rings. The van der Waals surface area contributed by atoms with Crippen molar-refractivity contribution < 1.29 is 42.1 Å². The summed E-state index contributed by atoms with van der Waals surface area (Å²) in [6.45, 7) is 6.27. The van der Waals surface area contributed by atoms with Gasteiger partial charge >= 0.3 is 6.03 Å². The number of nitrogens with zero attached hydrogens (tertiary/aromatic N) is 2. The highest BCUT2D eigenvalue weighted by Gasteiger charge is 2.31. The molecule has 0 saturated carbocycles. The number of hydrogen-bond donors (Lipinski definition) is 3. The average Bonchev–Trinajstić information content (AvgIpc) is 3.57. The van der Waals surface area contributed by atoms with Crippen LogP contribution in [0.4, 0.5) is 16.2 Å². The summed E-state index contributed by atoms with van der Waals surface area (Å²) in [5, 5.41) is 13.1. The monoisotopic (exact) mass is 710 g/mol. The lowest BCUT2D eigenvalue weighted by atomic mass is 10.0. The van der Waals surface area contributed by atoms with Crippen LogP contribution in [0.5, 0.6) is 17.2 Å². The van der Waals surface area contributed by atoms with Gasteiger partial charge in [0, 0.05) is 50.1 Å². The minimum Gasteiger partial charge on any atom is -0.490 e. The molecular formula is C36H46N4O9S. The van der Waals surface area contributed by atoms with Crippen LogP contribution < -0.4 is 24.2 Å². The average molecular weight is 711 g/mol. The molecule has 0 bridgehead atoms. The van der Waals surface area contributed by atoms with Gasteiger partial charge in [0.1, 0.15) is 5.75 Å². The van der Waals surface area contributed by atoms with Gasteiger partial charge in [-0.05, 0) is 75.6 Å². The molecule has 3 amide bonds. The first-order valence-corrected chi connectivity index (χ1v) is 18.3. The number of hydrogen-bond acceptors (Lipinski definition) is 9. The zero-order valence-electron chi connectivity index (χ0n) is 28.8. The Morgan fingerprint density at radius 3 is 2.48 bits per heavy atom. The molecular weight excluding hydrogens is 664 g/mol. The Bertz CT molecular complexity index is 1740. The van der Waals surface area contributed by atoms with Crippen LogP contribution in [0, 0.1) is 5.92 Å². The molecule has 2 aliphatic heterocycles. The van der Waals surface area contributed by atoms with Gasteiger partial charge in [0.05, 0.1) is 35.3 Å². The van der Waals surface area contributed by atoms with E-state index in [9.17, 15) is 23.1 Å². The van der Waals surface area contributed by atoms with Crippen molar-refractivity contribution in [3.05, 3.63) is 72.3 Å². The zero-order chi connectivity index (χ0) is 35.8. The van der Waals surface area contributed by atoms with Gasteiger partial charge in [-0.1, -0.05) is 25.1 Å². The van der Waals surface area contributed by atoms with Crippen LogP contribution in [0.25, 0.3) is 0 Å². The van der Waals surface area contributed by atoms with Crippen molar-refractivity contribution in [3.8, 4) is 17.2 Å². The van der Waals surface area contributed by atoms with E-state index in [-0.39, 0.29) is 60.7 Å². The van der Waals surface area contributed by atoms with Crippen molar-refractivity contribution >= 4 is 33.3 Å². The third-order valence-electron chi connectivity index (χ3n) is 8.78. The van der Waals surface area contributed by atoms with E-state index in [1.54, 1.807) is 67.4 Å². The Balaban J connectivity index is 1.38. The quantitative estimate of drug-likeness (QED) is 0.287. The maximum atomic E-state index is 14.4. The molecule has 0 aromatic heterocycles. The molecule has 0 spiro atoms. The second-order valence-corrected chi connectivity index (χ2v) is 14.5. The number of likely N-dealkylation sites (N-methyl/N-ethyl adjacent to an activating group) is 1. The first-order valence-electron chi connectivity index (χ1n) is 16.8. The minimum atomic E-state index is -3.93. The summed E-state index contributed by atoms with van der Waals surface area (Å²) in [6, 6.07) is 16.8. The molecule has 0 aliphatic carbocycles. The van der Waals surface area contributed by atoms with Gasteiger partial charge in [0.2, 0.25) is 6.79 Å². The van der Waals surface area contributed by atoms with Crippen LogP contribution in [-0.4, -0.2) is 93.7 Å². The number of nitrogens with one attached hydrogen (secondary N) is 2. The van der Waals surface area contributed by atoms with Crippen molar-refractivity contribution in [3.63, 3.8) is 0 Å². The molecule has 3 aromatic carbocycles. The molecule has 14 heteroatoms. The highest BCUT2D eigenvalue weighted by molar-refractivity contribution is 7.92. The highest BCUT2D eigenvalue weighted by atomic mass is 32.2. The highest BCUT2D eigenvalue weighted by Crippen LogP contribution is 2.34. The number of anilines is 2. The SMILES string of the molecule is C[C@H](CO)N1C[C@H](C)[C@H](CN(C)C(=O)Nc2ccc3c(c2)OCO3)OCCCC[C@H](C)Oc2ccc(NS(=O)(=O)c3ccccc3)cc2C1=O. The summed E-state index contributed by atoms with van der Waals surface area (Å²) in [4.78, 5) is 30.8. The summed E-state index contributed by atoms with van der Waals surface area (Å²) in [6.07, 6.45) is 1.54. The van der Waals surface area contributed by atoms with E-state index < -0.39 is 28.1 Å². The van der Waals surface area contributed by atoms with Gasteiger partial charge in [0.15, 0.2) is 11.5 Å². The molecule has 0 unspecified atom stereocenters. The summed E-state index contributed by atoms with van der Waals surface area (Å²) >= 11 is 0. The van der Waals surface area contributed by atoms with Gasteiger partial charge < -0.3 is 39.2 Å². The van der Waals surface area contributed by atoms with E-state index in [0.29, 0.717) is 36.0 Å². The Hall–Kier alpha value is -4.53. The Labute approximate surface area is 293 Å². The fraction of sp³-hybridized carbons (Fsp3) is 0.444. The van der Waals surface area contributed by atoms with Gasteiger partial charge in [-0.25, -0.2) is 13.2 Å². The maximum absolute atomic E-state index is 14.4. The predicted octanol–water partition coefficient (Wildman–Crippen LogP) is 5.18. The first kappa shape index (κ1) is 36.7. The number of aliphatic hydroxyl groups excluding tert-OH is 1. The van der Waals surface area contributed by atoms with Crippen molar-refractivity contribution in [2.75, 3.05) is 50.2 Å². The third-order valence-corrected chi connectivity index (χ3v) is 10.2. The number of fused-ring (bicyclic) bond motifs is 2. The van der Waals surface area contributed by atoms with Crippen LogP contribution in [-0.2, 0) is 14.8 Å². The maximum Gasteiger partial charge on any atom is 0.321 e. The van der Waals surface area contributed by atoms with Gasteiger partial charge in [-0.2, -0.15) is 0 Å². The lowest BCUT2D eigenvalue weighted by Crippen LogP contribution is -2.48. The molecule has 5 rings (SSSR count). The van der Waals surface area contributed by atoms with E-state index in [1.807, 2.05) is 13.8 Å². The second kappa shape index (κ2) is 16.5. The molecule has 2 heterocycles. The lowest BCUT2D eigenvalue weighted by Gasteiger charge is -2.35. The van der Waals surface area contributed by atoms with Crippen LogP contribution in [0.15, 0.2) is 71.6 Å². The van der Waals surface area contributed by atoms with E-state index in [2.05, 4.69) is 10.0 Å². The number of amides is 3. The predicted molar refractivity (Wildman–Crippen MR) is 188 cm³/mol. The topological polar surface area (TPSA) is 156 Å². The number of ether oxygens (including phenoxy) is 4. The Morgan fingerprint density at radius 1 is 1.00 bits per heavy atom. The van der Waals surface area contributed by atoms with Crippen molar-refractivity contribution in [1.29, 1.82) is 0 Å². The minimum absolute atomic E-state index is 0.0845. The third kappa shape index (κ3) is 9.17. The van der Waals surface area contributed by atoms with Gasteiger partial charge in [-0.15, -0.1) is 0 Å². The molecule has 3 aromatic rings. The standard InChI is InChI=1S/C36H46N4O9S/c1-24-20-40(25(2)22-41)35(42)30-18-28(38-50(44,45)29-11-6-5-7-12-29)14-15-31(30)49-26(3)10-8-9-17-46-34(24)21-39(4)36(43)37-27-13-16-32-33(19-27)48-23-47-32/h5-7,11-16,18-19,24-26,34,38,41H,8-10,17,20-23H2,1-4H3,(H,37,43)/t24-,25+,26-,34-/m0/s1. The molecule has 270 valence electrons. The van der Waals surface area contributed by atoms with Crippen molar-refractivity contribution in [1.82, 2.24) is 9.80 Å². The van der Waals surface area contributed by atoms with Crippen LogP contribution >= 0.6 is 0 Å². The van der Waals surface area contributed by atoms with Crippen LogP contribution in [0.2, 0.25) is 0 Å². The number of carbonyl (C=O) groups is 2. The van der Waals surface area contributed by atoms with Crippen molar-refractivity contribution in [2.24, 2.45) is 5.92 Å². The first-order chi connectivity index (χ1) is 23.9. The number of benzene rings is 3. The molecule has 3 N–H and O–H groups in total. The Kier molecular flexibility index (Phi) is 12.1. The second-order valence-electron chi connectivity index (χ2n) is 12.8. The fourth-order valence-corrected chi connectivity index (χ4v) is 6.88. The zero-order valence-corrected chi connectivity index (χ0v) is 29.6. The summed E-state index contributed by atoms with van der Waals surface area (Å²) in [7, 11) is -2.25. The van der Waals surface area contributed by atoms with Crippen LogP contribution in [0.3, 0.4) is 0 Å². The summed E-state index contributed by atoms with van der Waals surface area (Å²) < 4.78 is 52.3. The Morgan fingerprint density at radius 2 is 1.72 bits per heavy atom. The summed E-state index contributed by atoms with van der Waals surface area (Å²) in [5.74, 6) is 0.768. The van der Waals surface area contributed by atoms with Crippen LogP contribution in [0.1, 0.15) is 50.4 Å². The number of carbonyl (C=O) groups excluding carboxylic acids is 2. The number of aliphatic hydroxyl groups is 1. The molecule has 2 aliphatic rings. The number of sulfonamides is 1. The lowest BCUT2D eigenvalue weighted by molar-refractivity contribution is -0.0115. The molecule has 50 heavy (non-hydrogen) atoms. The van der Waals surface area contributed by atoms with Gasteiger partial charge in [-0.3, -0.25) is 9.52 Å². The number of rotatable bonds is 8. The van der Waals surface area contributed by atoms with Gasteiger partial charge in [0.25, 0.3) is 15.9 Å². The normalized spacial score (nSPS) is 20.5. The van der Waals surface area contributed by atoms with E-state index in [0.717, 1.165) is 12.8 Å². The number of urea groups is 1. The molecule has 4 atom stereocenters. The van der Waals surface area contributed by atoms with E-state index in [4.69, 9.17) is 18.9 Å². The summed E-state index contributed by atoms with van der Waals surface area (Å²) in [5.41, 5.74) is 0.909. The van der Waals surface area contributed by atoms with Crippen molar-refractivity contribution in [2.45, 2.75) is 63.2 Å². The smallest absolute Gasteiger partial charge is 0.321 e.